The monoisotopic (exact) mass is 403 g/mol. The molecule has 1 unspecified atom stereocenters. The first-order valence-electron chi connectivity index (χ1n) is 9.78. The van der Waals surface area contributed by atoms with E-state index in [4.69, 9.17) is 26.9 Å². The molecule has 3 heterocycles. The topological polar surface area (TPSA) is 80.6 Å². The van der Waals surface area contributed by atoms with E-state index >= 15 is 0 Å². The minimum Gasteiger partial charge on any atom is -0.654 e. The molecular formula is C22H20ClN6-. The SMILES string of the molecule is Clc1ccccc1-c1nc(Nc2n[nH]c3ccccc23)cc(C2CCCC[N-]2)n1. The number of H-pyrrole nitrogens is 1. The Morgan fingerprint density at radius 1 is 1.03 bits per heavy atom. The Balaban J connectivity index is 1.58. The predicted molar refractivity (Wildman–Crippen MR) is 117 cm³/mol. The number of fused-ring (bicyclic) bond motifs is 1. The van der Waals surface area contributed by atoms with Gasteiger partial charge in [-0.2, -0.15) is 5.10 Å². The summed E-state index contributed by atoms with van der Waals surface area (Å²) < 4.78 is 0. The van der Waals surface area contributed by atoms with Crippen LogP contribution in [0.2, 0.25) is 5.02 Å². The molecule has 0 aliphatic carbocycles. The second-order valence-electron chi connectivity index (χ2n) is 7.14. The van der Waals surface area contributed by atoms with Gasteiger partial charge < -0.3 is 10.6 Å². The van der Waals surface area contributed by atoms with Gasteiger partial charge in [0.25, 0.3) is 0 Å². The van der Waals surface area contributed by atoms with Gasteiger partial charge >= 0.3 is 0 Å². The predicted octanol–water partition coefficient (Wildman–Crippen LogP) is 6.02. The van der Waals surface area contributed by atoms with Crippen LogP contribution in [0.3, 0.4) is 0 Å². The maximum Gasteiger partial charge on any atom is 0.163 e. The van der Waals surface area contributed by atoms with Gasteiger partial charge in [-0.15, -0.1) is 6.54 Å². The van der Waals surface area contributed by atoms with Crippen molar-refractivity contribution < 1.29 is 0 Å². The Labute approximate surface area is 173 Å². The summed E-state index contributed by atoms with van der Waals surface area (Å²) in [6.45, 7) is 0.878. The Morgan fingerprint density at radius 3 is 2.76 bits per heavy atom. The van der Waals surface area contributed by atoms with Crippen molar-refractivity contribution in [2.75, 3.05) is 11.9 Å². The zero-order chi connectivity index (χ0) is 19.6. The van der Waals surface area contributed by atoms with Gasteiger partial charge in [0, 0.05) is 22.7 Å². The summed E-state index contributed by atoms with van der Waals surface area (Å²) in [6, 6.07) is 17.7. The molecule has 1 aliphatic heterocycles. The number of aromatic nitrogens is 4. The zero-order valence-electron chi connectivity index (χ0n) is 15.8. The van der Waals surface area contributed by atoms with Crippen molar-refractivity contribution in [1.82, 2.24) is 20.2 Å². The van der Waals surface area contributed by atoms with Crippen LogP contribution in [-0.4, -0.2) is 26.7 Å². The lowest BCUT2D eigenvalue weighted by Crippen LogP contribution is -2.10. The third kappa shape index (κ3) is 3.69. The summed E-state index contributed by atoms with van der Waals surface area (Å²) in [5.74, 6) is 2.01. The lowest BCUT2D eigenvalue weighted by Gasteiger charge is -2.36. The van der Waals surface area contributed by atoms with E-state index in [9.17, 15) is 0 Å². The summed E-state index contributed by atoms with van der Waals surface area (Å²) in [7, 11) is 0. The lowest BCUT2D eigenvalue weighted by molar-refractivity contribution is 0.560. The van der Waals surface area contributed by atoms with Gasteiger partial charge in [0.2, 0.25) is 0 Å². The Morgan fingerprint density at radius 2 is 1.90 bits per heavy atom. The molecule has 146 valence electrons. The van der Waals surface area contributed by atoms with E-state index in [1.807, 2.05) is 54.6 Å². The van der Waals surface area contributed by atoms with Crippen LogP contribution >= 0.6 is 11.6 Å². The molecular weight excluding hydrogens is 384 g/mol. The van der Waals surface area contributed by atoms with Crippen molar-refractivity contribution in [3.05, 3.63) is 70.6 Å². The van der Waals surface area contributed by atoms with Crippen LogP contribution in [0.15, 0.2) is 54.6 Å². The number of piperidine rings is 1. The lowest BCUT2D eigenvalue weighted by atomic mass is 10.0. The fraction of sp³-hybridized carbons (Fsp3) is 0.227. The summed E-state index contributed by atoms with van der Waals surface area (Å²) in [5, 5.41) is 17.2. The molecule has 2 aromatic heterocycles. The van der Waals surface area contributed by atoms with Gasteiger partial charge in [-0.3, -0.25) is 5.10 Å². The second-order valence-corrected chi connectivity index (χ2v) is 7.55. The molecule has 29 heavy (non-hydrogen) atoms. The van der Waals surface area contributed by atoms with E-state index in [0.29, 0.717) is 16.7 Å². The van der Waals surface area contributed by atoms with Crippen LogP contribution in [-0.2, 0) is 0 Å². The molecule has 0 saturated carbocycles. The van der Waals surface area contributed by atoms with Crippen LogP contribution in [0, 0.1) is 0 Å². The number of halogens is 1. The van der Waals surface area contributed by atoms with Crippen LogP contribution in [0.5, 0.6) is 0 Å². The number of nitrogens with zero attached hydrogens (tertiary/aromatic N) is 4. The molecule has 0 bridgehead atoms. The van der Waals surface area contributed by atoms with Gasteiger partial charge in [0.1, 0.15) is 5.82 Å². The van der Waals surface area contributed by atoms with Gasteiger partial charge in [-0.25, -0.2) is 9.97 Å². The number of anilines is 2. The zero-order valence-corrected chi connectivity index (χ0v) is 16.5. The van der Waals surface area contributed by atoms with Crippen molar-refractivity contribution >= 4 is 34.1 Å². The van der Waals surface area contributed by atoms with Gasteiger partial charge in [-0.05, 0) is 24.3 Å². The summed E-state index contributed by atoms with van der Waals surface area (Å²) in [6.07, 6.45) is 3.30. The second kappa shape index (κ2) is 7.81. The highest BCUT2D eigenvalue weighted by atomic mass is 35.5. The molecule has 2 N–H and O–H groups in total. The van der Waals surface area contributed by atoms with Crippen molar-refractivity contribution in [2.24, 2.45) is 0 Å². The fourth-order valence-corrected chi connectivity index (χ4v) is 3.89. The number of para-hydroxylation sites is 1. The Hall–Kier alpha value is -2.96. The number of rotatable bonds is 4. The molecule has 6 nitrogen and oxygen atoms in total. The molecule has 1 fully saturated rings. The van der Waals surface area contributed by atoms with E-state index in [1.165, 1.54) is 0 Å². The number of benzene rings is 2. The Kier molecular flexibility index (Phi) is 4.87. The average molecular weight is 404 g/mol. The van der Waals surface area contributed by atoms with Crippen LogP contribution in [0.1, 0.15) is 31.0 Å². The molecule has 2 aromatic carbocycles. The number of hydrogen-bond donors (Lipinski definition) is 2. The molecule has 0 spiro atoms. The highest BCUT2D eigenvalue weighted by Crippen LogP contribution is 2.35. The minimum atomic E-state index is 0.0875. The van der Waals surface area contributed by atoms with Crippen molar-refractivity contribution in [1.29, 1.82) is 0 Å². The van der Waals surface area contributed by atoms with Crippen LogP contribution in [0.4, 0.5) is 11.6 Å². The van der Waals surface area contributed by atoms with E-state index in [2.05, 4.69) is 15.5 Å². The molecule has 0 amide bonds. The first-order valence-corrected chi connectivity index (χ1v) is 10.2. The number of hydrogen-bond acceptors (Lipinski definition) is 4. The van der Waals surface area contributed by atoms with E-state index in [1.54, 1.807) is 0 Å². The standard InChI is InChI=1S/C22H20ClN6/c23-16-9-3-1-7-14(16)21-25-19(18-11-5-6-12-24-18)13-20(26-21)27-22-15-8-2-4-10-17(15)28-29-22/h1-4,7-10,13,18H,5-6,11-12H2,(H2,25,26,27,28,29)/q-1. The molecule has 7 heteroatoms. The fourth-order valence-electron chi connectivity index (χ4n) is 3.67. The first kappa shape index (κ1) is 18.1. The maximum atomic E-state index is 6.43. The largest absolute Gasteiger partial charge is 0.654 e. The normalized spacial score (nSPS) is 16.8. The quantitative estimate of drug-likeness (QED) is 0.436. The van der Waals surface area contributed by atoms with Crippen LogP contribution < -0.4 is 5.32 Å². The molecule has 0 radical (unpaired) electrons. The van der Waals surface area contributed by atoms with Crippen molar-refractivity contribution in [3.63, 3.8) is 0 Å². The van der Waals surface area contributed by atoms with Crippen molar-refractivity contribution in [3.8, 4) is 11.4 Å². The van der Waals surface area contributed by atoms with Gasteiger partial charge in [-0.1, -0.05) is 61.2 Å². The van der Waals surface area contributed by atoms with E-state index in [-0.39, 0.29) is 6.04 Å². The van der Waals surface area contributed by atoms with E-state index in [0.717, 1.165) is 53.8 Å². The summed E-state index contributed by atoms with van der Waals surface area (Å²) in [4.78, 5) is 9.56. The first-order chi connectivity index (χ1) is 14.3. The smallest absolute Gasteiger partial charge is 0.163 e. The summed E-state index contributed by atoms with van der Waals surface area (Å²) in [5.41, 5.74) is 2.69. The molecule has 1 atom stereocenters. The molecule has 5 rings (SSSR count). The van der Waals surface area contributed by atoms with E-state index < -0.39 is 0 Å². The van der Waals surface area contributed by atoms with Crippen molar-refractivity contribution in [2.45, 2.75) is 25.3 Å². The number of aromatic amines is 1. The number of nitrogens with one attached hydrogen (secondary N) is 2. The maximum absolute atomic E-state index is 6.43. The molecule has 1 saturated heterocycles. The third-order valence-corrected chi connectivity index (χ3v) is 5.48. The Bertz CT molecular complexity index is 1150. The average Bonchev–Trinajstić information content (AvgIpc) is 3.17. The molecule has 1 aliphatic rings. The summed E-state index contributed by atoms with van der Waals surface area (Å²) >= 11 is 6.43. The third-order valence-electron chi connectivity index (χ3n) is 5.15. The van der Waals surface area contributed by atoms with Crippen LogP contribution in [0.25, 0.3) is 27.6 Å². The minimum absolute atomic E-state index is 0.0875. The molecule has 4 aromatic rings. The van der Waals surface area contributed by atoms with Gasteiger partial charge in [0.05, 0.1) is 10.5 Å². The van der Waals surface area contributed by atoms with Gasteiger partial charge in [0.15, 0.2) is 11.6 Å². The highest BCUT2D eigenvalue weighted by molar-refractivity contribution is 6.33. The highest BCUT2D eigenvalue weighted by Gasteiger charge is 2.15.